The molecule has 0 bridgehead atoms. The van der Waals surface area contributed by atoms with Gasteiger partial charge < -0.3 is 10.2 Å². The Morgan fingerprint density at radius 1 is 1.35 bits per heavy atom. The molecule has 2 aliphatic heterocycles. The highest BCUT2D eigenvalue weighted by molar-refractivity contribution is 8.77. The smallest absolute Gasteiger partial charge is 0.220 e. The Hall–Kier alpha value is -1.48. The van der Waals surface area contributed by atoms with E-state index in [1.165, 1.54) is 18.6 Å². The monoisotopic (exact) mass is 392 g/mol. The first kappa shape index (κ1) is 17.9. The van der Waals surface area contributed by atoms with Crippen LogP contribution >= 0.6 is 21.6 Å². The number of carbonyl (C=O) groups is 1. The summed E-state index contributed by atoms with van der Waals surface area (Å²) in [6, 6.07) is 0.189. The lowest BCUT2D eigenvalue weighted by molar-refractivity contribution is -0.121. The Labute approximate surface area is 161 Å². The average molecular weight is 393 g/mol. The van der Waals surface area contributed by atoms with Crippen molar-refractivity contribution in [1.82, 2.24) is 24.9 Å². The van der Waals surface area contributed by atoms with E-state index in [2.05, 4.69) is 25.4 Å². The van der Waals surface area contributed by atoms with Crippen LogP contribution in [0.1, 0.15) is 38.5 Å². The minimum atomic E-state index is 0.180. The van der Waals surface area contributed by atoms with Crippen molar-refractivity contribution in [3.63, 3.8) is 0 Å². The second-order valence-corrected chi connectivity index (χ2v) is 9.67. The maximum absolute atomic E-state index is 12.2. The molecule has 2 aromatic rings. The zero-order valence-electron chi connectivity index (χ0n) is 14.7. The van der Waals surface area contributed by atoms with Crippen LogP contribution in [0.4, 0.5) is 5.82 Å². The van der Waals surface area contributed by atoms with Gasteiger partial charge in [-0.2, -0.15) is 0 Å². The van der Waals surface area contributed by atoms with E-state index in [1.54, 1.807) is 12.5 Å². The highest BCUT2D eigenvalue weighted by Gasteiger charge is 2.26. The van der Waals surface area contributed by atoms with E-state index in [9.17, 15) is 4.79 Å². The fourth-order valence-corrected chi connectivity index (χ4v) is 6.59. The summed E-state index contributed by atoms with van der Waals surface area (Å²) in [6.07, 6.45) is 11.6. The number of fused-ring (bicyclic) bond motifs is 1. The van der Waals surface area contributed by atoms with Gasteiger partial charge in [-0.15, -0.1) is 10.2 Å². The zero-order chi connectivity index (χ0) is 17.8. The number of hydrogen-bond donors (Lipinski definition) is 1. The summed E-state index contributed by atoms with van der Waals surface area (Å²) in [5.74, 6) is 2.30. The van der Waals surface area contributed by atoms with Crippen LogP contribution in [0.3, 0.4) is 0 Å². The lowest BCUT2D eigenvalue weighted by Gasteiger charge is -2.18. The molecule has 4 heterocycles. The fourth-order valence-electron chi connectivity index (χ4n) is 3.56. The molecule has 2 saturated heterocycles. The largest absolute Gasteiger partial charge is 0.352 e. The number of aromatic nitrogens is 4. The van der Waals surface area contributed by atoms with Crippen molar-refractivity contribution >= 4 is 39.0 Å². The first-order chi connectivity index (χ1) is 12.8. The summed E-state index contributed by atoms with van der Waals surface area (Å²) >= 11 is 0. The predicted molar refractivity (Wildman–Crippen MR) is 106 cm³/mol. The van der Waals surface area contributed by atoms with Gasteiger partial charge in [0.05, 0.1) is 0 Å². The minimum absolute atomic E-state index is 0.180. The molecule has 2 aliphatic rings. The van der Waals surface area contributed by atoms with Gasteiger partial charge in [-0.1, -0.05) is 28.0 Å². The molecule has 26 heavy (non-hydrogen) atoms. The summed E-state index contributed by atoms with van der Waals surface area (Å²) in [5.41, 5.74) is 0.766. The summed E-state index contributed by atoms with van der Waals surface area (Å²) in [7, 11) is 4.01. The molecular weight excluding hydrogens is 368 g/mol. The molecule has 1 N–H and O–H groups in total. The summed E-state index contributed by atoms with van der Waals surface area (Å²) in [6.45, 7) is 1.66. The van der Waals surface area contributed by atoms with Crippen LogP contribution in [0.2, 0.25) is 0 Å². The molecule has 0 aliphatic carbocycles. The van der Waals surface area contributed by atoms with Crippen LogP contribution in [0.5, 0.6) is 0 Å². The van der Waals surface area contributed by atoms with E-state index in [0.717, 1.165) is 49.1 Å². The molecule has 0 radical (unpaired) electrons. The topological polar surface area (TPSA) is 75.4 Å². The molecule has 4 rings (SSSR count). The van der Waals surface area contributed by atoms with Crippen LogP contribution in [0, 0.1) is 0 Å². The summed E-state index contributed by atoms with van der Waals surface area (Å²) in [5, 5.41) is 12.1. The molecule has 140 valence electrons. The minimum Gasteiger partial charge on any atom is -0.352 e. The van der Waals surface area contributed by atoms with Gasteiger partial charge in [-0.25, -0.2) is 4.98 Å². The van der Waals surface area contributed by atoms with Crippen LogP contribution in [0.15, 0.2) is 18.7 Å². The van der Waals surface area contributed by atoms with Gasteiger partial charge in [0.15, 0.2) is 5.82 Å². The second-order valence-electron chi connectivity index (χ2n) is 6.89. The van der Waals surface area contributed by atoms with Crippen molar-refractivity contribution in [3.8, 4) is 0 Å². The number of nitrogens with one attached hydrogen (secondary N) is 1. The quantitative estimate of drug-likeness (QED) is 0.573. The van der Waals surface area contributed by atoms with Crippen LogP contribution in [0.25, 0.3) is 5.65 Å². The normalized spacial score (nSPS) is 23.0. The zero-order valence-corrected chi connectivity index (χ0v) is 16.3. The number of nitrogens with zero attached hydrogens (tertiary/aromatic N) is 5. The van der Waals surface area contributed by atoms with Crippen molar-refractivity contribution in [2.45, 2.75) is 49.8 Å². The summed E-state index contributed by atoms with van der Waals surface area (Å²) < 4.78 is 1.87. The molecule has 2 atom stereocenters. The molecule has 0 saturated carbocycles. The van der Waals surface area contributed by atoms with Crippen molar-refractivity contribution in [2.75, 3.05) is 23.7 Å². The predicted octanol–water partition coefficient (Wildman–Crippen LogP) is 2.53. The van der Waals surface area contributed by atoms with Crippen LogP contribution in [-0.2, 0) is 4.79 Å². The van der Waals surface area contributed by atoms with Crippen LogP contribution in [-0.4, -0.2) is 55.6 Å². The van der Waals surface area contributed by atoms with E-state index in [1.807, 2.05) is 32.2 Å². The molecular formula is C17H24N6OS2. The lowest BCUT2D eigenvalue weighted by atomic mass is 10.1. The molecule has 0 spiro atoms. The Morgan fingerprint density at radius 2 is 2.31 bits per heavy atom. The number of rotatable bonds is 7. The molecule has 9 heteroatoms. The van der Waals surface area contributed by atoms with Gasteiger partial charge in [-0.3, -0.25) is 9.20 Å². The second kappa shape index (κ2) is 8.47. The Kier molecular flexibility index (Phi) is 5.84. The number of amides is 1. The fraction of sp³-hybridized carbons (Fsp3) is 0.647. The molecule has 2 fully saturated rings. The Balaban J connectivity index is 1.21. The van der Waals surface area contributed by atoms with Gasteiger partial charge in [0, 0.05) is 48.9 Å². The molecule has 1 amide bonds. The number of unbranched alkanes of at least 4 members (excludes halogenated alkanes) is 1. The van der Waals surface area contributed by atoms with E-state index >= 15 is 0 Å². The van der Waals surface area contributed by atoms with Gasteiger partial charge in [-0.05, 0) is 25.7 Å². The van der Waals surface area contributed by atoms with Crippen molar-refractivity contribution in [1.29, 1.82) is 0 Å². The molecule has 2 aromatic heterocycles. The first-order valence-electron chi connectivity index (χ1n) is 9.26. The van der Waals surface area contributed by atoms with Crippen molar-refractivity contribution in [3.05, 3.63) is 18.7 Å². The Morgan fingerprint density at radius 3 is 3.19 bits per heavy atom. The van der Waals surface area contributed by atoms with Gasteiger partial charge in [0.2, 0.25) is 11.6 Å². The molecule has 2 unspecified atom stereocenters. The maximum atomic E-state index is 12.2. The third kappa shape index (κ3) is 4.25. The van der Waals surface area contributed by atoms with E-state index < -0.39 is 0 Å². The highest BCUT2D eigenvalue weighted by atomic mass is 33.1. The standard InChI is InChI=1S/C17H24N6OS2/c24-15(4-2-1-3-14-6-10-25-26-14)20-13-5-8-22(11-13)16-17-21-19-12-23(17)9-7-18-16/h7,9,12-14H,1-6,8,10-11H2,(H,20,24). The van der Waals surface area contributed by atoms with Crippen LogP contribution < -0.4 is 10.2 Å². The lowest BCUT2D eigenvalue weighted by Crippen LogP contribution is -2.37. The van der Waals surface area contributed by atoms with Gasteiger partial charge in [0.1, 0.15) is 6.33 Å². The van der Waals surface area contributed by atoms with E-state index in [4.69, 9.17) is 0 Å². The highest BCUT2D eigenvalue weighted by Crippen LogP contribution is 2.39. The van der Waals surface area contributed by atoms with Crippen molar-refractivity contribution in [2.24, 2.45) is 0 Å². The van der Waals surface area contributed by atoms with Crippen molar-refractivity contribution < 1.29 is 4.79 Å². The number of anilines is 1. The SMILES string of the molecule is O=C(CCCCC1CCSS1)NC1CCN(c2nccn3cnnc23)C1. The first-order valence-corrected chi connectivity index (χ1v) is 11.6. The van der Waals surface area contributed by atoms with Gasteiger partial charge >= 0.3 is 0 Å². The van der Waals surface area contributed by atoms with E-state index in [0.29, 0.717) is 6.42 Å². The summed E-state index contributed by atoms with van der Waals surface area (Å²) in [4.78, 5) is 18.9. The third-order valence-electron chi connectivity index (χ3n) is 4.96. The third-order valence-corrected chi connectivity index (χ3v) is 7.96. The molecule has 7 nitrogen and oxygen atoms in total. The molecule has 0 aromatic carbocycles. The average Bonchev–Trinajstić information content (AvgIpc) is 3.39. The van der Waals surface area contributed by atoms with E-state index in [-0.39, 0.29) is 11.9 Å². The number of carbonyl (C=O) groups excluding carboxylic acids is 1. The number of hydrogen-bond acceptors (Lipinski definition) is 7. The Bertz CT molecular complexity index is 748. The van der Waals surface area contributed by atoms with Gasteiger partial charge in [0.25, 0.3) is 0 Å². The maximum Gasteiger partial charge on any atom is 0.220 e.